The number of fused-ring (bicyclic) bond motifs is 3. The first-order chi connectivity index (χ1) is 12.4. The summed E-state index contributed by atoms with van der Waals surface area (Å²) >= 11 is 0. The van der Waals surface area contributed by atoms with Crippen molar-refractivity contribution in [1.29, 1.82) is 0 Å². The molecule has 0 aromatic heterocycles. The van der Waals surface area contributed by atoms with E-state index in [-0.39, 0.29) is 18.1 Å². The fraction of sp³-hybridized carbons (Fsp3) is 0.750. The summed E-state index contributed by atoms with van der Waals surface area (Å²) in [6, 6.07) is 0. The first-order valence-electron chi connectivity index (χ1n) is 8.06. The highest BCUT2D eigenvalue weighted by atomic mass is 16.9. The van der Waals surface area contributed by atoms with E-state index < -0.39 is 41.8 Å². The van der Waals surface area contributed by atoms with Crippen LogP contribution in [-0.4, -0.2) is 65.5 Å². The van der Waals surface area contributed by atoms with Crippen molar-refractivity contribution in [3.8, 4) is 0 Å². The van der Waals surface area contributed by atoms with E-state index in [0.29, 0.717) is 6.42 Å². The molecule has 0 radical (unpaired) electrons. The molecule has 5 atom stereocenters. The summed E-state index contributed by atoms with van der Waals surface area (Å²) in [5.74, 6) is -4.56. The molecule has 3 rings (SSSR count). The van der Waals surface area contributed by atoms with E-state index in [1.165, 1.54) is 28.4 Å². The van der Waals surface area contributed by atoms with Gasteiger partial charge in [0.25, 0.3) is 5.95 Å². The lowest BCUT2D eigenvalue weighted by Crippen LogP contribution is -2.55. The minimum Gasteiger partial charge on any atom is -0.468 e. The molecular weight excluding hydrogens is 352 g/mol. The van der Waals surface area contributed by atoms with Crippen LogP contribution in [0, 0.1) is 11.3 Å². The Kier molecular flexibility index (Phi) is 4.86. The molecule has 3 aliphatic rings. The van der Waals surface area contributed by atoms with Crippen LogP contribution >= 0.6 is 0 Å². The second-order valence-electron chi connectivity index (χ2n) is 5.98. The fourth-order valence-corrected chi connectivity index (χ4v) is 3.88. The number of hydrogen-bond acceptors (Lipinski definition) is 10. The largest absolute Gasteiger partial charge is 0.468 e. The Morgan fingerprint density at radius 2 is 1.88 bits per heavy atom. The van der Waals surface area contributed by atoms with Crippen LogP contribution in [0.4, 0.5) is 0 Å². The number of carbonyl (C=O) groups is 2. The van der Waals surface area contributed by atoms with Crippen molar-refractivity contribution in [1.82, 2.24) is 0 Å². The molecule has 3 aliphatic heterocycles. The van der Waals surface area contributed by atoms with Crippen molar-refractivity contribution in [3.63, 3.8) is 0 Å². The van der Waals surface area contributed by atoms with Crippen molar-refractivity contribution in [2.45, 2.75) is 31.9 Å². The van der Waals surface area contributed by atoms with Gasteiger partial charge in [-0.25, -0.2) is 4.79 Å². The van der Waals surface area contributed by atoms with Gasteiger partial charge in [0.2, 0.25) is 5.41 Å². The predicted molar refractivity (Wildman–Crippen MR) is 80.8 cm³/mol. The fourth-order valence-electron chi connectivity index (χ4n) is 3.88. The summed E-state index contributed by atoms with van der Waals surface area (Å²) in [5, 5.41) is 0. The van der Waals surface area contributed by atoms with Gasteiger partial charge in [-0.3, -0.25) is 9.53 Å². The monoisotopic (exact) mass is 374 g/mol. The van der Waals surface area contributed by atoms with Crippen LogP contribution in [0.5, 0.6) is 0 Å². The molecule has 146 valence electrons. The molecule has 0 aromatic carbocycles. The minimum atomic E-state index is -2.00. The molecule has 0 amide bonds. The SMILES string of the molecule is COC(=O)C1=C(OC)O[C@@]2(OC)OC3OC(C)OCCC3[C@@]12C(=O)OC. The lowest BCUT2D eigenvalue weighted by atomic mass is 9.68. The minimum absolute atomic E-state index is 0.179. The molecule has 3 unspecified atom stereocenters. The van der Waals surface area contributed by atoms with Crippen molar-refractivity contribution in [2.24, 2.45) is 11.3 Å². The third-order valence-electron chi connectivity index (χ3n) is 4.92. The van der Waals surface area contributed by atoms with Gasteiger partial charge in [0.1, 0.15) is 5.57 Å². The van der Waals surface area contributed by atoms with Crippen LogP contribution < -0.4 is 0 Å². The number of ether oxygens (including phenoxy) is 8. The van der Waals surface area contributed by atoms with Gasteiger partial charge in [-0.2, -0.15) is 0 Å². The van der Waals surface area contributed by atoms with Crippen LogP contribution in [-0.2, 0) is 47.5 Å². The number of methoxy groups -OCH3 is 4. The Morgan fingerprint density at radius 3 is 2.46 bits per heavy atom. The first-order valence-corrected chi connectivity index (χ1v) is 8.06. The van der Waals surface area contributed by atoms with E-state index in [1.54, 1.807) is 6.92 Å². The highest BCUT2D eigenvalue weighted by Crippen LogP contribution is 2.64. The molecule has 0 saturated carbocycles. The summed E-state index contributed by atoms with van der Waals surface area (Å²) in [4.78, 5) is 25.7. The third kappa shape index (κ3) is 2.26. The van der Waals surface area contributed by atoms with Crippen molar-refractivity contribution < 1.29 is 47.5 Å². The first kappa shape index (κ1) is 18.9. The maximum Gasteiger partial charge on any atom is 0.353 e. The van der Waals surface area contributed by atoms with Crippen LogP contribution in [0.2, 0.25) is 0 Å². The molecule has 2 saturated heterocycles. The van der Waals surface area contributed by atoms with Gasteiger partial charge >= 0.3 is 17.9 Å². The molecule has 26 heavy (non-hydrogen) atoms. The number of hydrogen-bond donors (Lipinski definition) is 0. The highest BCUT2D eigenvalue weighted by Gasteiger charge is 2.82. The highest BCUT2D eigenvalue weighted by molar-refractivity contribution is 6.00. The summed E-state index contributed by atoms with van der Waals surface area (Å²) in [5.41, 5.74) is -1.99. The quantitative estimate of drug-likeness (QED) is 0.636. The van der Waals surface area contributed by atoms with Gasteiger partial charge in [0.05, 0.1) is 27.9 Å². The van der Waals surface area contributed by atoms with Crippen molar-refractivity contribution >= 4 is 11.9 Å². The molecule has 0 aromatic rings. The summed E-state index contributed by atoms with van der Waals surface area (Å²) in [6.07, 6.45) is -1.21. The lowest BCUT2D eigenvalue weighted by molar-refractivity contribution is -0.396. The Morgan fingerprint density at radius 1 is 1.15 bits per heavy atom. The zero-order valence-electron chi connectivity index (χ0n) is 15.2. The van der Waals surface area contributed by atoms with E-state index in [1.807, 2.05) is 0 Å². The number of carbonyl (C=O) groups excluding carboxylic acids is 2. The number of rotatable bonds is 4. The lowest BCUT2D eigenvalue weighted by Gasteiger charge is -2.35. The Labute approximate surface area is 150 Å². The molecule has 3 heterocycles. The number of esters is 2. The van der Waals surface area contributed by atoms with E-state index in [0.717, 1.165) is 0 Å². The van der Waals surface area contributed by atoms with E-state index in [4.69, 9.17) is 37.9 Å². The van der Waals surface area contributed by atoms with Crippen LogP contribution in [0.3, 0.4) is 0 Å². The average molecular weight is 374 g/mol. The molecule has 10 heteroatoms. The maximum absolute atomic E-state index is 13.1. The zero-order valence-corrected chi connectivity index (χ0v) is 15.2. The topological polar surface area (TPSA) is 108 Å². The van der Waals surface area contributed by atoms with Crippen LogP contribution in [0.1, 0.15) is 13.3 Å². The standard InChI is InChI=1S/C16H22O10/c1-8-23-7-6-9-12(24-8)25-16(22-5)15(9,14(18)21-4)10(11(17)19-2)13(20-3)26-16/h8-9,12H,6-7H2,1-5H3/t8?,9?,12?,15-,16-/m0/s1. The molecule has 0 aliphatic carbocycles. The van der Waals surface area contributed by atoms with Crippen LogP contribution in [0.25, 0.3) is 0 Å². The Balaban J connectivity index is 2.25. The molecule has 0 spiro atoms. The molecule has 0 bridgehead atoms. The molecular formula is C16H22O10. The van der Waals surface area contributed by atoms with E-state index in [2.05, 4.69) is 0 Å². The predicted octanol–water partition coefficient (Wildman–Crippen LogP) is 0.263. The van der Waals surface area contributed by atoms with Gasteiger partial charge in [0.15, 0.2) is 12.6 Å². The Hall–Kier alpha value is -1.88. The van der Waals surface area contributed by atoms with E-state index in [9.17, 15) is 9.59 Å². The molecule has 0 N–H and O–H groups in total. The third-order valence-corrected chi connectivity index (χ3v) is 4.92. The van der Waals surface area contributed by atoms with Gasteiger partial charge in [0, 0.05) is 13.0 Å². The van der Waals surface area contributed by atoms with E-state index >= 15 is 0 Å². The van der Waals surface area contributed by atoms with Gasteiger partial charge < -0.3 is 33.2 Å². The van der Waals surface area contributed by atoms with Gasteiger partial charge in [-0.1, -0.05) is 0 Å². The zero-order chi connectivity index (χ0) is 19.1. The summed E-state index contributed by atoms with van der Waals surface area (Å²) in [7, 11) is 4.96. The smallest absolute Gasteiger partial charge is 0.353 e. The normalized spacial score (nSPS) is 38.7. The molecule has 10 nitrogen and oxygen atoms in total. The Bertz CT molecular complexity index is 631. The second kappa shape index (κ2) is 6.69. The average Bonchev–Trinajstić information content (AvgIpc) is 2.99. The second-order valence-corrected chi connectivity index (χ2v) is 5.98. The van der Waals surface area contributed by atoms with Crippen molar-refractivity contribution in [3.05, 3.63) is 11.5 Å². The maximum atomic E-state index is 13.1. The van der Waals surface area contributed by atoms with Crippen LogP contribution in [0.15, 0.2) is 11.5 Å². The molecule has 2 fully saturated rings. The van der Waals surface area contributed by atoms with Gasteiger partial charge in [-0.15, -0.1) is 0 Å². The van der Waals surface area contributed by atoms with Gasteiger partial charge in [-0.05, 0) is 13.3 Å². The summed E-state index contributed by atoms with van der Waals surface area (Å²) in [6.45, 7) is 1.96. The summed E-state index contributed by atoms with van der Waals surface area (Å²) < 4.78 is 43.3. The van der Waals surface area contributed by atoms with Crippen molar-refractivity contribution in [2.75, 3.05) is 35.0 Å².